The first-order valence-electron chi connectivity index (χ1n) is 6.36. The van der Waals surface area contributed by atoms with Gasteiger partial charge < -0.3 is 10.0 Å². The van der Waals surface area contributed by atoms with Crippen molar-refractivity contribution in [1.82, 2.24) is 4.90 Å². The first-order valence-corrected chi connectivity index (χ1v) is 6.36. The second-order valence-electron chi connectivity index (χ2n) is 5.43. The molecule has 1 aromatic carbocycles. The van der Waals surface area contributed by atoms with Crippen molar-refractivity contribution >= 4 is 0 Å². The summed E-state index contributed by atoms with van der Waals surface area (Å²) in [6.07, 6.45) is -0.417. The summed E-state index contributed by atoms with van der Waals surface area (Å²) in [5.74, 6) is 0.618. The van der Waals surface area contributed by atoms with Gasteiger partial charge in [-0.15, -0.1) is 0 Å². The summed E-state index contributed by atoms with van der Waals surface area (Å²) >= 11 is 0. The van der Waals surface area contributed by atoms with Crippen molar-refractivity contribution in [2.24, 2.45) is 5.92 Å². The predicted molar refractivity (Wildman–Crippen MR) is 73.1 cm³/mol. The third-order valence-electron chi connectivity index (χ3n) is 3.22. The van der Waals surface area contributed by atoms with E-state index in [-0.39, 0.29) is 6.04 Å². The number of benzene rings is 1. The molecule has 0 fully saturated rings. The molecule has 0 radical (unpaired) electrons. The van der Waals surface area contributed by atoms with Crippen LogP contribution in [0, 0.1) is 12.8 Å². The molecule has 96 valence electrons. The molecule has 0 spiro atoms. The SMILES string of the molecule is Cc1ccc(C(O)C(C)N(C)CC(C)C)cc1. The molecule has 0 aliphatic carbocycles. The van der Waals surface area contributed by atoms with E-state index in [2.05, 4.69) is 39.6 Å². The minimum atomic E-state index is -0.417. The fourth-order valence-electron chi connectivity index (χ4n) is 2.03. The van der Waals surface area contributed by atoms with E-state index in [4.69, 9.17) is 0 Å². The maximum absolute atomic E-state index is 10.3. The second kappa shape index (κ2) is 6.18. The maximum Gasteiger partial charge on any atom is 0.0942 e. The largest absolute Gasteiger partial charge is 0.387 e. The number of rotatable bonds is 5. The molecule has 0 aliphatic rings. The molecule has 2 nitrogen and oxygen atoms in total. The Morgan fingerprint density at radius 1 is 1.12 bits per heavy atom. The molecule has 2 atom stereocenters. The number of likely N-dealkylation sites (N-methyl/N-ethyl adjacent to an activating group) is 1. The summed E-state index contributed by atoms with van der Waals surface area (Å²) < 4.78 is 0. The fraction of sp³-hybridized carbons (Fsp3) is 0.600. The molecule has 2 unspecified atom stereocenters. The summed E-state index contributed by atoms with van der Waals surface area (Å²) in [7, 11) is 2.07. The quantitative estimate of drug-likeness (QED) is 0.848. The van der Waals surface area contributed by atoms with Crippen LogP contribution in [0.5, 0.6) is 0 Å². The van der Waals surface area contributed by atoms with Crippen LogP contribution in [0.1, 0.15) is 38.0 Å². The van der Waals surface area contributed by atoms with Crippen LogP contribution in [0.3, 0.4) is 0 Å². The van der Waals surface area contributed by atoms with E-state index < -0.39 is 6.10 Å². The lowest BCUT2D eigenvalue weighted by atomic mass is 10.0. The Bertz CT molecular complexity index is 331. The van der Waals surface area contributed by atoms with Crippen molar-refractivity contribution in [3.8, 4) is 0 Å². The van der Waals surface area contributed by atoms with E-state index in [1.807, 2.05) is 24.3 Å². The molecular weight excluding hydrogens is 210 g/mol. The van der Waals surface area contributed by atoms with Gasteiger partial charge in [-0.2, -0.15) is 0 Å². The van der Waals surface area contributed by atoms with E-state index in [1.165, 1.54) is 5.56 Å². The molecule has 0 saturated carbocycles. The Morgan fingerprint density at radius 3 is 2.12 bits per heavy atom. The van der Waals surface area contributed by atoms with Crippen molar-refractivity contribution in [3.63, 3.8) is 0 Å². The van der Waals surface area contributed by atoms with Crippen LogP contribution in [0.2, 0.25) is 0 Å². The van der Waals surface area contributed by atoms with Gasteiger partial charge in [-0.25, -0.2) is 0 Å². The monoisotopic (exact) mass is 235 g/mol. The molecular formula is C15H25NO. The average molecular weight is 235 g/mol. The van der Waals surface area contributed by atoms with Gasteiger partial charge in [-0.1, -0.05) is 43.7 Å². The van der Waals surface area contributed by atoms with Gasteiger partial charge in [-0.05, 0) is 32.4 Å². The highest BCUT2D eigenvalue weighted by Crippen LogP contribution is 2.21. The minimum absolute atomic E-state index is 0.139. The van der Waals surface area contributed by atoms with Crippen LogP contribution in [0.4, 0.5) is 0 Å². The minimum Gasteiger partial charge on any atom is -0.387 e. The van der Waals surface area contributed by atoms with Gasteiger partial charge in [0.25, 0.3) is 0 Å². The number of hydrogen-bond donors (Lipinski definition) is 1. The zero-order chi connectivity index (χ0) is 13.0. The summed E-state index contributed by atoms with van der Waals surface area (Å²) in [4.78, 5) is 2.22. The molecule has 0 bridgehead atoms. The van der Waals surface area contributed by atoms with Crippen molar-refractivity contribution in [3.05, 3.63) is 35.4 Å². The lowest BCUT2D eigenvalue weighted by Crippen LogP contribution is -2.36. The molecule has 0 amide bonds. The summed E-state index contributed by atoms with van der Waals surface area (Å²) in [5, 5.41) is 10.3. The number of hydrogen-bond acceptors (Lipinski definition) is 2. The molecule has 1 aromatic rings. The number of aryl methyl sites for hydroxylation is 1. The van der Waals surface area contributed by atoms with Gasteiger partial charge in [-0.3, -0.25) is 0 Å². The average Bonchev–Trinajstić information content (AvgIpc) is 2.27. The van der Waals surface area contributed by atoms with Crippen LogP contribution >= 0.6 is 0 Å². The van der Waals surface area contributed by atoms with Gasteiger partial charge in [0.1, 0.15) is 0 Å². The van der Waals surface area contributed by atoms with Gasteiger partial charge in [0.2, 0.25) is 0 Å². The highest BCUT2D eigenvalue weighted by atomic mass is 16.3. The van der Waals surface area contributed by atoms with Crippen molar-refractivity contribution in [2.75, 3.05) is 13.6 Å². The molecule has 0 aromatic heterocycles. The summed E-state index contributed by atoms with van der Waals surface area (Å²) in [6, 6.07) is 8.26. The van der Waals surface area contributed by atoms with Gasteiger partial charge >= 0.3 is 0 Å². The normalized spacial score (nSPS) is 15.3. The first-order chi connectivity index (χ1) is 7.91. The zero-order valence-electron chi connectivity index (χ0n) is 11.6. The molecule has 2 heteroatoms. The van der Waals surface area contributed by atoms with Crippen molar-refractivity contribution in [1.29, 1.82) is 0 Å². The third kappa shape index (κ3) is 4.14. The summed E-state index contributed by atoms with van der Waals surface area (Å²) in [6.45, 7) is 9.53. The van der Waals surface area contributed by atoms with E-state index in [0.29, 0.717) is 5.92 Å². The standard InChI is InChI=1S/C15H25NO/c1-11(2)10-16(5)13(4)15(17)14-8-6-12(3)7-9-14/h6-9,11,13,15,17H,10H2,1-5H3. The van der Waals surface area contributed by atoms with E-state index >= 15 is 0 Å². The lowest BCUT2D eigenvalue weighted by Gasteiger charge is -2.30. The zero-order valence-corrected chi connectivity index (χ0v) is 11.6. The number of nitrogens with zero attached hydrogens (tertiary/aromatic N) is 1. The van der Waals surface area contributed by atoms with Gasteiger partial charge in [0.05, 0.1) is 6.10 Å². The highest BCUT2D eigenvalue weighted by molar-refractivity contribution is 5.23. The third-order valence-corrected chi connectivity index (χ3v) is 3.22. The molecule has 0 saturated heterocycles. The first kappa shape index (κ1) is 14.2. The molecule has 1 N–H and O–H groups in total. The number of aliphatic hydroxyl groups is 1. The Hall–Kier alpha value is -0.860. The smallest absolute Gasteiger partial charge is 0.0942 e. The van der Waals surface area contributed by atoms with Gasteiger partial charge in [0, 0.05) is 12.6 Å². The number of aliphatic hydroxyl groups excluding tert-OH is 1. The predicted octanol–water partition coefficient (Wildman–Crippen LogP) is 3.00. The van der Waals surface area contributed by atoms with E-state index in [1.54, 1.807) is 0 Å². The topological polar surface area (TPSA) is 23.5 Å². The molecule has 1 rings (SSSR count). The Morgan fingerprint density at radius 2 is 1.65 bits per heavy atom. The van der Waals surface area contributed by atoms with E-state index in [0.717, 1.165) is 12.1 Å². The Labute approximate surface area is 105 Å². The van der Waals surface area contributed by atoms with Crippen molar-refractivity contribution < 1.29 is 5.11 Å². The van der Waals surface area contributed by atoms with Crippen LogP contribution in [0.15, 0.2) is 24.3 Å². The summed E-state index contributed by atoms with van der Waals surface area (Å²) in [5.41, 5.74) is 2.22. The van der Waals surface area contributed by atoms with Crippen LogP contribution in [0.25, 0.3) is 0 Å². The van der Waals surface area contributed by atoms with Crippen LogP contribution in [-0.4, -0.2) is 29.6 Å². The molecule has 17 heavy (non-hydrogen) atoms. The fourth-order valence-corrected chi connectivity index (χ4v) is 2.03. The van der Waals surface area contributed by atoms with Crippen LogP contribution in [-0.2, 0) is 0 Å². The Kier molecular flexibility index (Phi) is 5.16. The molecule has 0 heterocycles. The lowest BCUT2D eigenvalue weighted by molar-refractivity contribution is 0.0668. The Balaban J connectivity index is 2.68. The van der Waals surface area contributed by atoms with E-state index in [9.17, 15) is 5.11 Å². The van der Waals surface area contributed by atoms with Gasteiger partial charge in [0.15, 0.2) is 0 Å². The highest BCUT2D eigenvalue weighted by Gasteiger charge is 2.20. The second-order valence-corrected chi connectivity index (χ2v) is 5.43. The van der Waals surface area contributed by atoms with Crippen LogP contribution < -0.4 is 0 Å². The van der Waals surface area contributed by atoms with Crippen molar-refractivity contribution in [2.45, 2.75) is 39.8 Å². The maximum atomic E-state index is 10.3. The molecule has 0 aliphatic heterocycles.